The van der Waals surface area contributed by atoms with E-state index < -0.39 is 11.7 Å². The number of fused-ring (bicyclic) bond motifs is 2. The fourth-order valence-electron chi connectivity index (χ4n) is 3.11. The monoisotopic (exact) mass is 427 g/mol. The molecular weight excluding hydrogens is 415 g/mol. The van der Waals surface area contributed by atoms with Gasteiger partial charge in [0.2, 0.25) is 0 Å². The van der Waals surface area contributed by atoms with Crippen LogP contribution in [0.3, 0.4) is 0 Å². The van der Waals surface area contributed by atoms with E-state index in [1.165, 1.54) is 5.56 Å². The van der Waals surface area contributed by atoms with E-state index in [0.29, 0.717) is 16.7 Å². The molecule has 0 amide bonds. The third-order valence-corrected chi connectivity index (χ3v) is 6.31. The van der Waals surface area contributed by atoms with Crippen molar-refractivity contribution in [3.63, 3.8) is 0 Å². The van der Waals surface area contributed by atoms with Crippen molar-refractivity contribution in [2.45, 2.75) is 29.7 Å². The number of aryl methyl sites for hydroxylation is 1. The largest absolute Gasteiger partial charge is 0.417 e. The van der Waals surface area contributed by atoms with Gasteiger partial charge in [-0.2, -0.15) is 13.2 Å². The number of benzene rings is 1. The van der Waals surface area contributed by atoms with Crippen LogP contribution in [0.15, 0.2) is 33.8 Å². The molecule has 0 N–H and O–H groups in total. The van der Waals surface area contributed by atoms with Crippen LogP contribution in [-0.2, 0) is 19.6 Å². The van der Waals surface area contributed by atoms with E-state index in [0.717, 1.165) is 33.6 Å². The number of hydrogen-bond acceptors (Lipinski definition) is 3. The van der Waals surface area contributed by atoms with Crippen LogP contribution in [0.1, 0.15) is 18.1 Å². The molecule has 0 saturated heterocycles. The van der Waals surface area contributed by atoms with Crippen LogP contribution in [0.25, 0.3) is 22.6 Å². The number of rotatable bonds is 1. The molecule has 1 unspecified atom stereocenters. The SMILES string of the molecule is CC1Cc2c(Br)ccc(-c3nc4cc(C(F)(F)F)cnc4n3C)c2S1. The lowest BCUT2D eigenvalue weighted by molar-refractivity contribution is -0.137. The van der Waals surface area contributed by atoms with Crippen LogP contribution in [0.4, 0.5) is 13.2 Å². The summed E-state index contributed by atoms with van der Waals surface area (Å²) in [6, 6.07) is 4.99. The molecule has 1 aromatic carbocycles. The summed E-state index contributed by atoms with van der Waals surface area (Å²) in [6.07, 6.45) is -2.62. The lowest BCUT2D eigenvalue weighted by atomic mass is 10.1. The summed E-state index contributed by atoms with van der Waals surface area (Å²) < 4.78 is 41.6. The summed E-state index contributed by atoms with van der Waals surface area (Å²) in [4.78, 5) is 9.58. The highest BCUT2D eigenvalue weighted by atomic mass is 79.9. The van der Waals surface area contributed by atoms with Crippen molar-refractivity contribution in [2.24, 2.45) is 7.05 Å². The van der Waals surface area contributed by atoms with Crippen LogP contribution >= 0.6 is 27.7 Å². The van der Waals surface area contributed by atoms with Crippen LogP contribution in [-0.4, -0.2) is 19.8 Å². The Balaban J connectivity index is 1.92. The van der Waals surface area contributed by atoms with Gasteiger partial charge in [0.15, 0.2) is 5.65 Å². The molecule has 3 aromatic rings. The average molecular weight is 428 g/mol. The Hall–Kier alpha value is -1.54. The third-order valence-electron chi connectivity index (χ3n) is 4.29. The van der Waals surface area contributed by atoms with Gasteiger partial charge < -0.3 is 4.57 Å². The third kappa shape index (κ3) is 2.75. The highest BCUT2D eigenvalue weighted by molar-refractivity contribution is 9.10. The molecule has 1 aliphatic heterocycles. The summed E-state index contributed by atoms with van der Waals surface area (Å²) in [5, 5.41) is 0.456. The summed E-state index contributed by atoms with van der Waals surface area (Å²) in [5.74, 6) is 0.632. The average Bonchev–Trinajstić information content (AvgIpc) is 3.08. The van der Waals surface area contributed by atoms with Gasteiger partial charge in [0.1, 0.15) is 11.3 Å². The summed E-state index contributed by atoms with van der Waals surface area (Å²) in [5.41, 5.74) is 2.07. The molecule has 1 atom stereocenters. The van der Waals surface area contributed by atoms with E-state index in [1.54, 1.807) is 23.4 Å². The number of thioether (sulfide) groups is 1. The van der Waals surface area contributed by atoms with Gasteiger partial charge >= 0.3 is 6.18 Å². The Bertz CT molecular complexity index is 997. The second-order valence-electron chi connectivity index (χ2n) is 6.09. The van der Waals surface area contributed by atoms with Crippen molar-refractivity contribution in [3.8, 4) is 11.4 Å². The Kier molecular flexibility index (Phi) is 3.88. The van der Waals surface area contributed by atoms with E-state index >= 15 is 0 Å². The minimum absolute atomic E-state index is 0.250. The quantitative estimate of drug-likeness (QED) is 0.516. The molecule has 0 saturated carbocycles. The van der Waals surface area contributed by atoms with Crippen LogP contribution in [0.2, 0.25) is 0 Å². The predicted molar refractivity (Wildman–Crippen MR) is 95.7 cm³/mol. The van der Waals surface area contributed by atoms with Crippen LogP contribution in [0, 0.1) is 0 Å². The molecule has 130 valence electrons. The smallest absolute Gasteiger partial charge is 0.312 e. The topological polar surface area (TPSA) is 30.7 Å². The Morgan fingerprint density at radius 2 is 2.08 bits per heavy atom. The van der Waals surface area contributed by atoms with Gasteiger partial charge in [-0.15, -0.1) is 11.8 Å². The van der Waals surface area contributed by atoms with Gasteiger partial charge in [0, 0.05) is 33.4 Å². The van der Waals surface area contributed by atoms with E-state index in [9.17, 15) is 13.2 Å². The Labute approximate surface area is 154 Å². The minimum atomic E-state index is -4.43. The summed E-state index contributed by atoms with van der Waals surface area (Å²) in [6.45, 7) is 2.16. The molecular formula is C17H13BrF3N3S. The first-order valence-electron chi connectivity index (χ1n) is 7.64. The molecule has 4 rings (SSSR count). The van der Waals surface area contributed by atoms with Crippen molar-refractivity contribution < 1.29 is 13.2 Å². The number of halogens is 4. The van der Waals surface area contributed by atoms with Crippen molar-refractivity contribution in [1.82, 2.24) is 14.5 Å². The molecule has 0 radical (unpaired) electrons. The molecule has 0 spiro atoms. The number of pyridine rings is 1. The van der Waals surface area contributed by atoms with Gasteiger partial charge in [0.25, 0.3) is 0 Å². The zero-order valence-corrected chi connectivity index (χ0v) is 15.8. The molecule has 0 bridgehead atoms. The van der Waals surface area contributed by atoms with Crippen LogP contribution in [0.5, 0.6) is 0 Å². The van der Waals surface area contributed by atoms with Gasteiger partial charge in [0.05, 0.1) is 5.56 Å². The summed E-state index contributed by atoms with van der Waals surface area (Å²) in [7, 11) is 1.78. The molecule has 3 heterocycles. The fourth-order valence-corrected chi connectivity index (χ4v) is 5.00. The zero-order valence-electron chi connectivity index (χ0n) is 13.4. The molecule has 8 heteroatoms. The maximum atomic E-state index is 12.9. The number of alkyl halides is 3. The van der Waals surface area contributed by atoms with Gasteiger partial charge in [-0.1, -0.05) is 22.9 Å². The summed E-state index contributed by atoms with van der Waals surface area (Å²) >= 11 is 5.36. The van der Waals surface area contributed by atoms with Crippen molar-refractivity contribution >= 4 is 38.9 Å². The number of aromatic nitrogens is 3. The van der Waals surface area contributed by atoms with Gasteiger partial charge in [-0.05, 0) is 30.2 Å². The molecule has 2 aromatic heterocycles. The zero-order chi connectivity index (χ0) is 17.9. The number of hydrogen-bond donors (Lipinski definition) is 0. The normalized spacial score (nSPS) is 17.3. The second-order valence-corrected chi connectivity index (χ2v) is 8.40. The van der Waals surface area contributed by atoms with Crippen molar-refractivity contribution in [3.05, 3.63) is 40.0 Å². The minimum Gasteiger partial charge on any atom is -0.312 e. The second kappa shape index (κ2) is 5.74. The highest BCUT2D eigenvalue weighted by Gasteiger charge is 2.32. The fraction of sp³-hybridized carbons (Fsp3) is 0.294. The van der Waals surface area contributed by atoms with Gasteiger partial charge in [-0.3, -0.25) is 0 Å². The molecule has 0 aliphatic carbocycles. The lowest BCUT2D eigenvalue weighted by Crippen LogP contribution is -2.05. The first kappa shape index (κ1) is 16.9. The molecule has 25 heavy (non-hydrogen) atoms. The van der Waals surface area contributed by atoms with Crippen LogP contribution < -0.4 is 0 Å². The number of nitrogens with zero attached hydrogens (tertiary/aromatic N) is 3. The van der Waals surface area contributed by atoms with E-state index in [-0.39, 0.29) is 5.52 Å². The maximum absolute atomic E-state index is 12.9. The highest BCUT2D eigenvalue weighted by Crippen LogP contribution is 2.46. The standard InChI is InChI=1S/C17H13BrF3N3S/c1-8-5-11-12(18)4-3-10(14(11)25-8)15-23-13-6-9(17(19,20)21)7-22-16(13)24(15)2/h3-4,6-8H,5H2,1-2H3. The van der Waals surface area contributed by atoms with E-state index in [2.05, 4.69) is 32.8 Å². The molecule has 0 fully saturated rings. The first-order chi connectivity index (χ1) is 11.8. The molecule has 1 aliphatic rings. The van der Waals surface area contributed by atoms with Crippen molar-refractivity contribution in [1.29, 1.82) is 0 Å². The lowest BCUT2D eigenvalue weighted by Gasteiger charge is -2.09. The predicted octanol–water partition coefficient (Wildman–Crippen LogP) is 5.45. The van der Waals surface area contributed by atoms with E-state index in [4.69, 9.17) is 0 Å². The maximum Gasteiger partial charge on any atom is 0.417 e. The van der Waals surface area contributed by atoms with Gasteiger partial charge in [-0.25, -0.2) is 9.97 Å². The Morgan fingerprint density at radius 3 is 2.80 bits per heavy atom. The molecule has 3 nitrogen and oxygen atoms in total. The van der Waals surface area contributed by atoms with E-state index in [1.807, 2.05) is 12.1 Å². The van der Waals surface area contributed by atoms with Crippen molar-refractivity contribution in [2.75, 3.05) is 0 Å². The Morgan fingerprint density at radius 1 is 1.32 bits per heavy atom. The number of imidazole rings is 1. The first-order valence-corrected chi connectivity index (χ1v) is 9.31.